The van der Waals surface area contributed by atoms with Gasteiger partial charge in [0.25, 0.3) is 0 Å². The molecule has 0 aromatic heterocycles. The van der Waals surface area contributed by atoms with Gasteiger partial charge in [-0.25, -0.2) is 0 Å². The van der Waals surface area contributed by atoms with Crippen molar-refractivity contribution in [2.75, 3.05) is 31.2 Å². The Kier molecular flexibility index (Phi) is 3.54. The van der Waals surface area contributed by atoms with Crippen molar-refractivity contribution in [3.63, 3.8) is 0 Å². The molecule has 0 amide bonds. The predicted molar refractivity (Wildman–Crippen MR) is 68.4 cm³/mol. The summed E-state index contributed by atoms with van der Waals surface area (Å²) in [6.07, 6.45) is 0.830. The number of hydrogen-bond acceptors (Lipinski definition) is 4. The summed E-state index contributed by atoms with van der Waals surface area (Å²) < 4.78 is 5.40. The highest BCUT2D eigenvalue weighted by atomic mass is 16.5. The Morgan fingerprint density at radius 1 is 1.41 bits per heavy atom. The lowest BCUT2D eigenvalue weighted by Gasteiger charge is -2.23. The van der Waals surface area contributed by atoms with E-state index in [0.717, 1.165) is 24.4 Å². The summed E-state index contributed by atoms with van der Waals surface area (Å²) in [7, 11) is 0. The average Bonchev–Trinajstić information content (AvgIpc) is 2.74. The van der Waals surface area contributed by atoms with Crippen LogP contribution in [0.4, 0.5) is 5.69 Å². The highest BCUT2D eigenvalue weighted by Gasteiger charge is 2.33. The summed E-state index contributed by atoms with van der Waals surface area (Å²) >= 11 is 0. The van der Waals surface area contributed by atoms with E-state index in [0.29, 0.717) is 13.2 Å². The molecule has 0 saturated carbocycles. The first-order valence-electron chi connectivity index (χ1n) is 6.04. The van der Waals surface area contributed by atoms with Crippen LogP contribution < -0.4 is 15.4 Å². The zero-order valence-corrected chi connectivity index (χ0v) is 10.2. The fourth-order valence-corrected chi connectivity index (χ4v) is 2.17. The molecule has 1 aliphatic heterocycles. The van der Waals surface area contributed by atoms with Gasteiger partial charge in [-0.05, 0) is 37.6 Å². The molecule has 1 aromatic carbocycles. The van der Waals surface area contributed by atoms with Gasteiger partial charge in [-0.1, -0.05) is 0 Å². The molecule has 1 atom stereocenters. The normalized spacial score (nSPS) is 24.1. The van der Waals surface area contributed by atoms with E-state index in [1.54, 1.807) is 0 Å². The number of ether oxygens (including phenoxy) is 1. The quantitative estimate of drug-likeness (QED) is 0.818. The number of aliphatic hydroxyl groups excluding tert-OH is 1. The first-order chi connectivity index (χ1) is 8.17. The largest absolute Gasteiger partial charge is 0.494 e. The summed E-state index contributed by atoms with van der Waals surface area (Å²) in [6.45, 7) is 4.29. The first-order valence-corrected chi connectivity index (χ1v) is 6.04. The van der Waals surface area contributed by atoms with Crippen LogP contribution in [0.2, 0.25) is 0 Å². The Hall–Kier alpha value is -1.26. The molecule has 0 aliphatic carbocycles. The molecule has 1 aliphatic rings. The number of nitrogens with zero attached hydrogens (tertiary/aromatic N) is 1. The lowest BCUT2D eigenvalue weighted by molar-refractivity contribution is 0.210. The third-order valence-corrected chi connectivity index (χ3v) is 3.21. The molecular formula is C13H20N2O2. The van der Waals surface area contributed by atoms with Gasteiger partial charge in [0.1, 0.15) is 5.75 Å². The number of nitrogens with two attached hydrogens (primary N) is 1. The molecule has 1 saturated heterocycles. The molecule has 94 valence electrons. The lowest BCUT2D eigenvalue weighted by atomic mass is 10.0. The third kappa shape index (κ3) is 2.70. The number of anilines is 1. The molecule has 1 heterocycles. The van der Waals surface area contributed by atoms with Crippen LogP contribution in [0.25, 0.3) is 0 Å². The smallest absolute Gasteiger partial charge is 0.119 e. The second kappa shape index (κ2) is 4.94. The SMILES string of the molecule is CCOc1ccc(N2CCC(N)(CO)C2)cc1. The van der Waals surface area contributed by atoms with E-state index >= 15 is 0 Å². The van der Waals surface area contributed by atoms with Crippen molar-refractivity contribution >= 4 is 5.69 Å². The Labute approximate surface area is 102 Å². The number of aliphatic hydroxyl groups is 1. The zero-order valence-electron chi connectivity index (χ0n) is 10.2. The van der Waals surface area contributed by atoms with Gasteiger partial charge in [0.2, 0.25) is 0 Å². The highest BCUT2D eigenvalue weighted by molar-refractivity contribution is 5.50. The Balaban J connectivity index is 2.04. The lowest BCUT2D eigenvalue weighted by Crippen LogP contribution is -2.46. The summed E-state index contributed by atoms with van der Waals surface area (Å²) in [5.41, 5.74) is 6.74. The van der Waals surface area contributed by atoms with Crippen molar-refractivity contribution in [2.45, 2.75) is 18.9 Å². The fourth-order valence-electron chi connectivity index (χ4n) is 2.17. The van der Waals surface area contributed by atoms with Crippen LogP contribution in [0.3, 0.4) is 0 Å². The van der Waals surface area contributed by atoms with Crippen LogP contribution in [0, 0.1) is 0 Å². The zero-order chi connectivity index (χ0) is 12.3. The minimum Gasteiger partial charge on any atom is -0.494 e. The Morgan fingerprint density at radius 3 is 2.65 bits per heavy atom. The van der Waals surface area contributed by atoms with E-state index in [1.165, 1.54) is 0 Å². The van der Waals surface area contributed by atoms with Gasteiger partial charge in [0, 0.05) is 18.8 Å². The van der Waals surface area contributed by atoms with Crippen molar-refractivity contribution in [2.24, 2.45) is 5.73 Å². The number of rotatable bonds is 4. The van der Waals surface area contributed by atoms with Crippen LogP contribution >= 0.6 is 0 Å². The van der Waals surface area contributed by atoms with Crippen LogP contribution in [-0.4, -0.2) is 36.9 Å². The molecule has 1 fully saturated rings. The maximum atomic E-state index is 9.23. The van der Waals surface area contributed by atoms with E-state index < -0.39 is 5.54 Å². The Morgan fingerprint density at radius 2 is 2.12 bits per heavy atom. The molecule has 1 aromatic rings. The standard InChI is InChI=1S/C13H20N2O2/c1-2-17-12-5-3-11(4-6-12)15-8-7-13(14,9-15)10-16/h3-6,16H,2,7-10,14H2,1H3. The van der Waals surface area contributed by atoms with Gasteiger partial charge in [-0.3, -0.25) is 0 Å². The number of hydrogen-bond donors (Lipinski definition) is 2. The summed E-state index contributed by atoms with van der Waals surface area (Å²) in [5, 5.41) is 9.23. The molecule has 0 spiro atoms. The minimum absolute atomic E-state index is 0.0422. The molecule has 17 heavy (non-hydrogen) atoms. The molecular weight excluding hydrogens is 216 g/mol. The maximum Gasteiger partial charge on any atom is 0.119 e. The van der Waals surface area contributed by atoms with Gasteiger partial charge >= 0.3 is 0 Å². The maximum absolute atomic E-state index is 9.23. The first kappa shape index (κ1) is 12.2. The van der Waals surface area contributed by atoms with Crippen molar-refractivity contribution in [3.05, 3.63) is 24.3 Å². The van der Waals surface area contributed by atoms with Crippen molar-refractivity contribution < 1.29 is 9.84 Å². The molecule has 0 bridgehead atoms. The van der Waals surface area contributed by atoms with Gasteiger partial charge in [0.15, 0.2) is 0 Å². The second-order valence-electron chi connectivity index (χ2n) is 4.62. The average molecular weight is 236 g/mol. The topological polar surface area (TPSA) is 58.7 Å². The van der Waals surface area contributed by atoms with Crippen molar-refractivity contribution in [1.82, 2.24) is 0 Å². The van der Waals surface area contributed by atoms with Crippen LogP contribution in [0.15, 0.2) is 24.3 Å². The van der Waals surface area contributed by atoms with Gasteiger partial charge in [-0.2, -0.15) is 0 Å². The van der Waals surface area contributed by atoms with E-state index in [1.807, 2.05) is 31.2 Å². The fraction of sp³-hybridized carbons (Fsp3) is 0.538. The molecule has 4 heteroatoms. The molecule has 4 nitrogen and oxygen atoms in total. The number of benzene rings is 1. The van der Waals surface area contributed by atoms with Crippen LogP contribution in [-0.2, 0) is 0 Å². The van der Waals surface area contributed by atoms with E-state index in [4.69, 9.17) is 10.5 Å². The third-order valence-electron chi connectivity index (χ3n) is 3.21. The van der Waals surface area contributed by atoms with E-state index in [9.17, 15) is 5.11 Å². The highest BCUT2D eigenvalue weighted by Crippen LogP contribution is 2.26. The van der Waals surface area contributed by atoms with Crippen LogP contribution in [0.1, 0.15) is 13.3 Å². The summed E-state index contributed by atoms with van der Waals surface area (Å²) in [4.78, 5) is 2.20. The molecule has 2 rings (SSSR count). The van der Waals surface area contributed by atoms with Gasteiger partial charge < -0.3 is 20.5 Å². The van der Waals surface area contributed by atoms with Crippen molar-refractivity contribution in [3.8, 4) is 5.75 Å². The summed E-state index contributed by atoms with van der Waals surface area (Å²) in [5.74, 6) is 0.886. The Bertz CT molecular complexity index is 366. The monoisotopic (exact) mass is 236 g/mol. The second-order valence-corrected chi connectivity index (χ2v) is 4.62. The van der Waals surface area contributed by atoms with E-state index in [-0.39, 0.29) is 6.61 Å². The van der Waals surface area contributed by atoms with Gasteiger partial charge in [0.05, 0.1) is 18.8 Å². The predicted octanol–water partition coefficient (Wildman–Crippen LogP) is 0.985. The van der Waals surface area contributed by atoms with Crippen molar-refractivity contribution in [1.29, 1.82) is 0 Å². The summed E-state index contributed by atoms with van der Waals surface area (Å²) in [6, 6.07) is 8.00. The molecule has 3 N–H and O–H groups in total. The minimum atomic E-state index is -0.446. The molecule has 0 radical (unpaired) electrons. The van der Waals surface area contributed by atoms with E-state index in [2.05, 4.69) is 4.90 Å². The molecule has 1 unspecified atom stereocenters. The van der Waals surface area contributed by atoms with Crippen LogP contribution in [0.5, 0.6) is 5.75 Å². The van der Waals surface area contributed by atoms with Gasteiger partial charge in [-0.15, -0.1) is 0 Å².